The minimum Gasteiger partial charge on any atom is -0.375 e. The van der Waals surface area contributed by atoms with Crippen LogP contribution in [0.25, 0.3) is 0 Å². The average Bonchev–Trinajstić information content (AvgIpc) is 2.13. The molecule has 0 saturated heterocycles. The van der Waals surface area contributed by atoms with Crippen molar-refractivity contribution in [1.82, 2.24) is 4.98 Å². The number of aryl methyl sites for hydroxylation is 2. The third-order valence-corrected chi connectivity index (χ3v) is 1.89. The van der Waals surface area contributed by atoms with Gasteiger partial charge in [-0.15, -0.1) is 0 Å². The van der Waals surface area contributed by atoms with E-state index in [1.165, 1.54) is 0 Å². The molecule has 0 unspecified atom stereocenters. The Bertz CT molecular complexity index is 434. The van der Waals surface area contributed by atoms with Crippen LogP contribution < -0.4 is 11.1 Å². The number of hydrogen-bond acceptors (Lipinski definition) is 4. The number of primary amides is 1. The zero-order chi connectivity index (χ0) is 11.4. The van der Waals surface area contributed by atoms with Gasteiger partial charge in [-0.05, 0) is 19.9 Å². The van der Waals surface area contributed by atoms with Crippen molar-refractivity contribution in [3.05, 3.63) is 23.0 Å². The van der Waals surface area contributed by atoms with E-state index in [1.807, 2.05) is 13.0 Å². The molecule has 5 nitrogen and oxygen atoms in total. The monoisotopic (exact) mass is 204 g/mol. The normalized spacial score (nSPS) is 9.40. The summed E-state index contributed by atoms with van der Waals surface area (Å²) in [5.74, 6) is -0.467. The summed E-state index contributed by atoms with van der Waals surface area (Å²) in [5, 5.41) is 11.7. The highest BCUT2D eigenvalue weighted by Gasteiger charge is 2.07. The van der Waals surface area contributed by atoms with Crippen molar-refractivity contribution in [2.75, 3.05) is 11.9 Å². The molecular weight excluding hydrogens is 192 g/mol. The fourth-order valence-corrected chi connectivity index (χ4v) is 1.29. The summed E-state index contributed by atoms with van der Waals surface area (Å²) in [4.78, 5) is 14.8. The van der Waals surface area contributed by atoms with Gasteiger partial charge in [0.1, 0.15) is 6.07 Å². The molecule has 1 aromatic heterocycles. The van der Waals surface area contributed by atoms with Gasteiger partial charge in [0.25, 0.3) is 0 Å². The van der Waals surface area contributed by atoms with Crippen molar-refractivity contribution in [3.8, 4) is 6.07 Å². The summed E-state index contributed by atoms with van der Waals surface area (Å²) < 4.78 is 0. The predicted octanol–water partition coefficient (Wildman–Crippen LogP) is 0.467. The van der Waals surface area contributed by atoms with Gasteiger partial charge in [-0.1, -0.05) is 0 Å². The number of aromatic nitrogens is 1. The van der Waals surface area contributed by atoms with Gasteiger partial charge in [0.15, 0.2) is 0 Å². The number of carbonyl (C=O) groups excluding carboxylic acids is 1. The van der Waals surface area contributed by atoms with Crippen molar-refractivity contribution < 1.29 is 4.79 Å². The minimum absolute atomic E-state index is 0.0115. The highest BCUT2D eigenvalue weighted by atomic mass is 16.1. The summed E-state index contributed by atoms with van der Waals surface area (Å²) in [6.07, 6.45) is 0. The van der Waals surface area contributed by atoms with Crippen LogP contribution in [0.15, 0.2) is 6.07 Å². The molecule has 1 rings (SSSR count). The van der Waals surface area contributed by atoms with Crippen LogP contribution in [0.2, 0.25) is 0 Å². The number of nitrogens with zero attached hydrogens (tertiary/aromatic N) is 2. The number of nitrogens with one attached hydrogen (secondary N) is 1. The van der Waals surface area contributed by atoms with Crippen molar-refractivity contribution in [3.63, 3.8) is 0 Å². The predicted molar refractivity (Wildman–Crippen MR) is 56.1 cm³/mol. The van der Waals surface area contributed by atoms with Gasteiger partial charge in [-0.25, -0.2) is 0 Å². The van der Waals surface area contributed by atoms with E-state index in [-0.39, 0.29) is 6.54 Å². The molecule has 0 spiro atoms. The Labute approximate surface area is 87.9 Å². The second-order valence-corrected chi connectivity index (χ2v) is 3.20. The SMILES string of the molecule is Cc1cc(NCC(N)=O)c(C#N)c(C)n1. The highest BCUT2D eigenvalue weighted by molar-refractivity contribution is 5.79. The van der Waals surface area contributed by atoms with Crippen LogP contribution in [-0.4, -0.2) is 17.4 Å². The van der Waals surface area contributed by atoms with Crippen LogP contribution in [0, 0.1) is 25.2 Å². The minimum atomic E-state index is -0.467. The number of rotatable bonds is 3. The fourth-order valence-electron chi connectivity index (χ4n) is 1.29. The molecule has 0 atom stereocenters. The summed E-state index contributed by atoms with van der Waals surface area (Å²) >= 11 is 0. The van der Waals surface area contributed by atoms with Gasteiger partial charge < -0.3 is 11.1 Å². The third kappa shape index (κ3) is 2.68. The van der Waals surface area contributed by atoms with Crippen molar-refractivity contribution in [2.45, 2.75) is 13.8 Å². The van der Waals surface area contributed by atoms with Gasteiger partial charge in [0, 0.05) is 5.69 Å². The molecule has 5 heteroatoms. The molecule has 0 aromatic carbocycles. The van der Waals surface area contributed by atoms with Crippen LogP contribution in [0.3, 0.4) is 0 Å². The highest BCUT2D eigenvalue weighted by Crippen LogP contribution is 2.18. The number of amides is 1. The zero-order valence-electron chi connectivity index (χ0n) is 8.66. The van der Waals surface area contributed by atoms with E-state index in [9.17, 15) is 4.79 Å². The topological polar surface area (TPSA) is 91.8 Å². The van der Waals surface area contributed by atoms with Crippen molar-refractivity contribution in [2.24, 2.45) is 5.73 Å². The summed E-state index contributed by atoms with van der Waals surface area (Å²) in [6, 6.07) is 3.75. The number of nitriles is 1. The lowest BCUT2D eigenvalue weighted by Crippen LogP contribution is -2.22. The van der Waals surface area contributed by atoms with Crippen LogP contribution in [-0.2, 0) is 4.79 Å². The molecule has 0 aliphatic heterocycles. The van der Waals surface area contributed by atoms with E-state index in [0.29, 0.717) is 16.9 Å². The smallest absolute Gasteiger partial charge is 0.236 e. The molecule has 15 heavy (non-hydrogen) atoms. The first-order valence-electron chi connectivity index (χ1n) is 4.45. The molecule has 0 aliphatic carbocycles. The second kappa shape index (κ2) is 4.42. The van der Waals surface area contributed by atoms with Gasteiger partial charge >= 0.3 is 0 Å². The fraction of sp³-hybridized carbons (Fsp3) is 0.300. The van der Waals surface area contributed by atoms with E-state index in [0.717, 1.165) is 5.69 Å². The quantitative estimate of drug-likeness (QED) is 0.748. The molecule has 0 saturated carbocycles. The lowest BCUT2D eigenvalue weighted by atomic mass is 10.1. The van der Waals surface area contributed by atoms with E-state index in [1.54, 1.807) is 13.0 Å². The Kier molecular flexibility index (Phi) is 3.24. The molecule has 0 radical (unpaired) electrons. The van der Waals surface area contributed by atoms with Crippen LogP contribution in [0.5, 0.6) is 0 Å². The number of hydrogen-bond donors (Lipinski definition) is 2. The first kappa shape index (κ1) is 11.0. The number of pyridine rings is 1. The first-order chi connectivity index (χ1) is 7.04. The molecular formula is C10H12N4O. The Hall–Kier alpha value is -2.09. The van der Waals surface area contributed by atoms with Crippen LogP contribution in [0.1, 0.15) is 17.0 Å². The Morgan fingerprint density at radius 2 is 2.33 bits per heavy atom. The van der Waals surface area contributed by atoms with E-state index in [2.05, 4.69) is 10.3 Å². The van der Waals surface area contributed by atoms with E-state index >= 15 is 0 Å². The summed E-state index contributed by atoms with van der Waals surface area (Å²) in [5.41, 5.74) is 7.49. The Morgan fingerprint density at radius 1 is 1.67 bits per heavy atom. The van der Waals surface area contributed by atoms with Crippen molar-refractivity contribution in [1.29, 1.82) is 5.26 Å². The standard InChI is InChI=1S/C10H12N4O/c1-6-3-9(13-5-10(12)15)8(4-11)7(2)14-6/h3H,5H2,1-2H3,(H2,12,15)(H,13,14). The molecule has 78 valence electrons. The lowest BCUT2D eigenvalue weighted by molar-refractivity contribution is -0.116. The van der Waals surface area contributed by atoms with Gasteiger partial charge in [-0.2, -0.15) is 5.26 Å². The third-order valence-electron chi connectivity index (χ3n) is 1.89. The zero-order valence-corrected chi connectivity index (χ0v) is 8.66. The maximum absolute atomic E-state index is 10.6. The van der Waals surface area contributed by atoms with E-state index < -0.39 is 5.91 Å². The largest absolute Gasteiger partial charge is 0.375 e. The molecule has 1 amide bonds. The maximum Gasteiger partial charge on any atom is 0.236 e. The van der Waals surface area contributed by atoms with Gasteiger partial charge in [0.05, 0.1) is 23.5 Å². The maximum atomic E-state index is 10.6. The molecule has 1 aromatic rings. The van der Waals surface area contributed by atoms with Crippen LogP contribution >= 0.6 is 0 Å². The Balaban J connectivity index is 3.05. The molecule has 1 heterocycles. The van der Waals surface area contributed by atoms with Gasteiger partial charge in [0.2, 0.25) is 5.91 Å². The number of nitrogens with two attached hydrogens (primary N) is 1. The summed E-state index contributed by atoms with van der Waals surface area (Å²) in [7, 11) is 0. The lowest BCUT2D eigenvalue weighted by Gasteiger charge is -2.08. The Morgan fingerprint density at radius 3 is 2.87 bits per heavy atom. The molecule has 0 aliphatic rings. The summed E-state index contributed by atoms with van der Waals surface area (Å²) in [6.45, 7) is 3.59. The molecule has 3 N–H and O–H groups in total. The van der Waals surface area contributed by atoms with E-state index in [4.69, 9.17) is 11.0 Å². The van der Waals surface area contributed by atoms with Crippen LogP contribution in [0.4, 0.5) is 5.69 Å². The molecule has 0 bridgehead atoms. The second-order valence-electron chi connectivity index (χ2n) is 3.20. The molecule has 0 fully saturated rings. The number of carbonyl (C=O) groups is 1. The van der Waals surface area contributed by atoms with Gasteiger partial charge in [-0.3, -0.25) is 9.78 Å². The first-order valence-corrected chi connectivity index (χ1v) is 4.45. The average molecular weight is 204 g/mol. The number of anilines is 1. The van der Waals surface area contributed by atoms with Crippen molar-refractivity contribution >= 4 is 11.6 Å².